The average molecular weight is 498 g/mol. The molecule has 3 atom stereocenters. The molecule has 3 aromatic rings. The number of nitrogens with zero attached hydrogens (tertiary/aromatic N) is 1. The van der Waals surface area contributed by atoms with Crippen LogP contribution < -0.4 is 15.5 Å². The molecule has 0 radical (unpaired) electrons. The molecule has 0 aliphatic carbocycles. The zero-order chi connectivity index (χ0) is 24.4. The lowest BCUT2D eigenvalue weighted by molar-refractivity contribution is -0.128. The van der Waals surface area contributed by atoms with Crippen molar-refractivity contribution < 1.29 is 14.7 Å². The Bertz CT molecular complexity index is 1210. The Morgan fingerprint density at radius 1 is 1.03 bits per heavy atom. The molecule has 34 heavy (non-hydrogen) atoms. The summed E-state index contributed by atoms with van der Waals surface area (Å²) in [5, 5.41) is 17.2. The highest BCUT2D eigenvalue weighted by atomic mass is 35.5. The van der Waals surface area contributed by atoms with Crippen molar-refractivity contribution in [2.75, 3.05) is 18.5 Å². The Morgan fingerprint density at radius 2 is 1.65 bits per heavy atom. The maximum absolute atomic E-state index is 13.4. The third-order valence-electron chi connectivity index (χ3n) is 5.97. The standard InChI is InChI=1S/C26H25Cl2N3O3/c1-15(29-14-23(32)16-11-17(27)13-18(28)12-16)25(33)30-24-21-9-4-3-7-19(21)20-8-5-6-10-22(20)31(2)26(24)34/h3-13,15,23-24,29,32H,14H2,1-2H3,(H,30,33). The summed E-state index contributed by atoms with van der Waals surface area (Å²) in [6.45, 7) is 1.78. The predicted molar refractivity (Wildman–Crippen MR) is 135 cm³/mol. The average Bonchev–Trinajstić information content (AvgIpc) is 2.91. The zero-order valence-electron chi connectivity index (χ0n) is 18.8. The Hall–Kier alpha value is -2.90. The number of amides is 2. The van der Waals surface area contributed by atoms with Gasteiger partial charge in [-0.2, -0.15) is 0 Å². The smallest absolute Gasteiger partial charge is 0.253 e. The van der Waals surface area contributed by atoms with Gasteiger partial charge in [-0.3, -0.25) is 9.59 Å². The topological polar surface area (TPSA) is 81.7 Å². The number of para-hydroxylation sites is 1. The van der Waals surface area contributed by atoms with E-state index in [2.05, 4.69) is 10.6 Å². The van der Waals surface area contributed by atoms with Gasteiger partial charge in [0, 0.05) is 29.2 Å². The second-order valence-electron chi connectivity index (χ2n) is 8.29. The van der Waals surface area contributed by atoms with Crippen LogP contribution in [0.2, 0.25) is 10.0 Å². The summed E-state index contributed by atoms with van der Waals surface area (Å²) in [6, 6.07) is 18.6. The molecule has 0 aromatic heterocycles. The predicted octanol–water partition coefficient (Wildman–Crippen LogP) is 4.51. The maximum Gasteiger partial charge on any atom is 0.253 e. The fourth-order valence-electron chi connectivity index (χ4n) is 4.11. The molecule has 0 saturated carbocycles. The first kappa shape index (κ1) is 24.2. The van der Waals surface area contributed by atoms with Gasteiger partial charge in [0.15, 0.2) is 0 Å². The summed E-state index contributed by atoms with van der Waals surface area (Å²) in [7, 11) is 1.71. The van der Waals surface area contributed by atoms with Gasteiger partial charge in [0.1, 0.15) is 6.04 Å². The lowest BCUT2D eigenvalue weighted by Crippen LogP contribution is -2.48. The monoisotopic (exact) mass is 497 g/mol. The van der Waals surface area contributed by atoms with Crippen LogP contribution in [0.5, 0.6) is 0 Å². The number of hydrogen-bond donors (Lipinski definition) is 3. The van der Waals surface area contributed by atoms with E-state index >= 15 is 0 Å². The van der Waals surface area contributed by atoms with Crippen LogP contribution in [0.25, 0.3) is 11.1 Å². The number of anilines is 1. The van der Waals surface area contributed by atoms with Crippen LogP contribution in [0.1, 0.15) is 30.2 Å². The van der Waals surface area contributed by atoms with E-state index in [0.717, 1.165) is 22.4 Å². The highest BCUT2D eigenvalue weighted by Crippen LogP contribution is 2.39. The largest absolute Gasteiger partial charge is 0.387 e. The van der Waals surface area contributed by atoms with Crippen molar-refractivity contribution >= 4 is 40.7 Å². The van der Waals surface area contributed by atoms with Crippen LogP contribution in [0.15, 0.2) is 66.7 Å². The van der Waals surface area contributed by atoms with E-state index in [1.54, 1.807) is 37.1 Å². The van der Waals surface area contributed by atoms with E-state index in [1.807, 2.05) is 48.5 Å². The molecule has 3 unspecified atom stereocenters. The van der Waals surface area contributed by atoms with Gasteiger partial charge < -0.3 is 20.6 Å². The molecule has 4 rings (SSSR count). The molecular formula is C26H25Cl2N3O3. The minimum atomic E-state index is -0.910. The molecule has 6 nitrogen and oxygen atoms in total. The Labute approximate surface area is 208 Å². The fourth-order valence-corrected chi connectivity index (χ4v) is 4.65. The number of nitrogens with one attached hydrogen (secondary N) is 2. The molecule has 3 aromatic carbocycles. The van der Waals surface area contributed by atoms with Gasteiger partial charge in [-0.15, -0.1) is 0 Å². The van der Waals surface area contributed by atoms with E-state index < -0.39 is 18.2 Å². The summed E-state index contributed by atoms with van der Waals surface area (Å²) in [6.07, 6.45) is -0.910. The van der Waals surface area contributed by atoms with Gasteiger partial charge in [-0.05, 0) is 47.9 Å². The summed E-state index contributed by atoms with van der Waals surface area (Å²) >= 11 is 12.0. The first-order valence-electron chi connectivity index (χ1n) is 10.9. The van der Waals surface area contributed by atoms with E-state index in [1.165, 1.54) is 0 Å². The summed E-state index contributed by atoms with van der Waals surface area (Å²) in [5.74, 6) is -0.588. The van der Waals surface area contributed by atoms with Crippen molar-refractivity contribution in [2.24, 2.45) is 0 Å². The van der Waals surface area contributed by atoms with Crippen molar-refractivity contribution in [3.05, 3.63) is 87.9 Å². The van der Waals surface area contributed by atoms with Gasteiger partial charge >= 0.3 is 0 Å². The first-order valence-corrected chi connectivity index (χ1v) is 11.7. The summed E-state index contributed by atoms with van der Waals surface area (Å²) in [5.41, 5.74) is 3.89. The molecule has 1 aliphatic rings. The second kappa shape index (κ2) is 10.2. The number of benzene rings is 3. The third kappa shape index (κ3) is 4.95. The number of aliphatic hydroxyl groups excluding tert-OH is 1. The Kier molecular flexibility index (Phi) is 7.24. The normalized spacial score (nSPS) is 16.8. The fraction of sp³-hybridized carbons (Fsp3) is 0.231. The molecular weight excluding hydrogens is 473 g/mol. The van der Waals surface area contributed by atoms with Crippen molar-refractivity contribution in [2.45, 2.75) is 25.1 Å². The van der Waals surface area contributed by atoms with Crippen LogP contribution in [-0.4, -0.2) is 36.6 Å². The third-order valence-corrected chi connectivity index (χ3v) is 6.41. The molecule has 0 spiro atoms. The quantitative estimate of drug-likeness (QED) is 0.468. The SMILES string of the molecule is CC(NCC(O)c1cc(Cl)cc(Cl)c1)C(=O)NC1C(=O)N(C)c2ccccc2-c2ccccc21. The van der Waals surface area contributed by atoms with Crippen molar-refractivity contribution in [1.29, 1.82) is 0 Å². The first-order chi connectivity index (χ1) is 16.3. The number of rotatable bonds is 6. The Balaban J connectivity index is 1.50. The zero-order valence-corrected chi connectivity index (χ0v) is 20.3. The molecule has 0 saturated heterocycles. The van der Waals surface area contributed by atoms with Crippen LogP contribution in [0.3, 0.4) is 0 Å². The van der Waals surface area contributed by atoms with Crippen molar-refractivity contribution in [3.63, 3.8) is 0 Å². The summed E-state index contributed by atoms with van der Waals surface area (Å²) < 4.78 is 0. The van der Waals surface area contributed by atoms with Gasteiger partial charge in [0.2, 0.25) is 5.91 Å². The van der Waals surface area contributed by atoms with Gasteiger partial charge in [-0.1, -0.05) is 65.7 Å². The molecule has 2 amide bonds. The van der Waals surface area contributed by atoms with Gasteiger partial charge in [0.25, 0.3) is 5.91 Å². The molecule has 0 bridgehead atoms. The molecule has 8 heteroatoms. The molecule has 1 heterocycles. The lowest BCUT2D eigenvalue weighted by Gasteiger charge is -2.25. The Morgan fingerprint density at radius 3 is 2.35 bits per heavy atom. The number of likely N-dealkylation sites (N-methyl/N-ethyl adjacent to an activating group) is 1. The number of fused-ring (bicyclic) bond motifs is 3. The molecule has 1 aliphatic heterocycles. The number of halogens is 2. The van der Waals surface area contributed by atoms with Gasteiger partial charge in [-0.25, -0.2) is 0 Å². The van der Waals surface area contributed by atoms with Crippen molar-refractivity contribution in [3.8, 4) is 11.1 Å². The van der Waals surface area contributed by atoms with E-state index in [9.17, 15) is 14.7 Å². The minimum absolute atomic E-state index is 0.103. The lowest BCUT2D eigenvalue weighted by atomic mass is 9.95. The van der Waals surface area contributed by atoms with Crippen LogP contribution in [0, 0.1) is 0 Å². The number of aliphatic hydroxyl groups is 1. The molecule has 176 valence electrons. The van der Waals surface area contributed by atoms with Crippen LogP contribution in [0.4, 0.5) is 5.69 Å². The molecule has 3 N–H and O–H groups in total. The van der Waals surface area contributed by atoms with Crippen LogP contribution >= 0.6 is 23.2 Å². The van der Waals surface area contributed by atoms with E-state index in [-0.39, 0.29) is 18.4 Å². The summed E-state index contributed by atoms with van der Waals surface area (Å²) in [4.78, 5) is 28.0. The van der Waals surface area contributed by atoms with Crippen LogP contribution in [-0.2, 0) is 9.59 Å². The molecule has 0 fully saturated rings. The highest BCUT2D eigenvalue weighted by Gasteiger charge is 2.33. The van der Waals surface area contributed by atoms with Crippen molar-refractivity contribution in [1.82, 2.24) is 10.6 Å². The number of hydrogen-bond acceptors (Lipinski definition) is 4. The highest BCUT2D eigenvalue weighted by molar-refractivity contribution is 6.34. The van der Waals surface area contributed by atoms with E-state index in [4.69, 9.17) is 23.2 Å². The maximum atomic E-state index is 13.4. The van der Waals surface area contributed by atoms with E-state index in [0.29, 0.717) is 15.6 Å². The number of carbonyl (C=O) groups excluding carboxylic acids is 2. The minimum Gasteiger partial charge on any atom is -0.387 e. The second-order valence-corrected chi connectivity index (χ2v) is 9.16. The number of carbonyl (C=O) groups is 2. The van der Waals surface area contributed by atoms with Gasteiger partial charge in [0.05, 0.1) is 17.8 Å².